The van der Waals surface area contributed by atoms with Crippen LogP contribution in [0.3, 0.4) is 0 Å². The van der Waals surface area contributed by atoms with Crippen LogP contribution in [0.5, 0.6) is 0 Å². The predicted octanol–water partition coefficient (Wildman–Crippen LogP) is 3.98. The van der Waals surface area contributed by atoms with Gasteiger partial charge in [0.2, 0.25) is 5.91 Å². The van der Waals surface area contributed by atoms with Gasteiger partial charge >= 0.3 is 0 Å². The van der Waals surface area contributed by atoms with Crippen LogP contribution >= 0.6 is 11.3 Å². The van der Waals surface area contributed by atoms with Crippen molar-refractivity contribution in [2.24, 2.45) is 0 Å². The van der Waals surface area contributed by atoms with E-state index < -0.39 is 0 Å². The number of hydrogen-bond donors (Lipinski definition) is 1. The van der Waals surface area contributed by atoms with Crippen LogP contribution in [0.2, 0.25) is 0 Å². The molecule has 0 atom stereocenters. The Morgan fingerprint density at radius 1 is 1.17 bits per heavy atom. The van der Waals surface area contributed by atoms with Gasteiger partial charge in [0.25, 0.3) is 0 Å². The van der Waals surface area contributed by atoms with Crippen LogP contribution in [0.1, 0.15) is 16.1 Å². The molecule has 0 aliphatic carbocycles. The Morgan fingerprint density at radius 2 is 1.96 bits per heavy atom. The summed E-state index contributed by atoms with van der Waals surface area (Å²) in [6, 6.07) is 14.0. The number of nitrogens with one attached hydrogen (secondary N) is 1. The number of carbonyl (C=O) groups excluding carboxylic acids is 1. The average molecular weight is 339 g/mol. The molecule has 1 amide bonds. The van der Waals surface area contributed by atoms with Gasteiger partial charge in [0, 0.05) is 5.69 Å². The van der Waals surface area contributed by atoms with Crippen LogP contribution in [-0.4, -0.2) is 29.4 Å². The van der Waals surface area contributed by atoms with Gasteiger partial charge in [-0.2, -0.15) is 0 Å². The maximum Gasteiger partial charge on any atom is 0.238 e. The first-order chi connectivity index (χ1) is 11.5. The first kappa shape index (κ1) is 16.6. The third-order valence-corrected chi connectivity index (χ3v) is 5.06. The molecule has 0 unspecified atom stereocenters. The minimum atomic E-state index is -0.00712. The Kier molecular flexibility index (Phi) is 4.92. The predicted molar refractivity (Wildman–Crippen MR) is 100 cm³/mol. The van der Waals surface area contributed by atoms with Crippen LogP contribution in [0.25, 0.3) is 10.2 Å². The molecule has 5 heteroatoms. The molecule has 0 aliphatic heterocycles. The summed E-state index contributed by atoms with van der Waals surface area (Å²) in [5.41, 5.74) is 4.19. The Morgan fingerprint density at radius 3 is 2.75 bits per heavy atom. The standard InChI is InChI=1S/C19H21N3OS/c1-13-7-6-9-15(14(13)2)20-18(23)11-22(3)12-19-21-16-8-4-5-10-17(16)24-19/h4-10H,11-12H2,1-3H3,(H,20,23). The van der Waals surface area contributed by atoms with E-state index >= 15 is 0 Å². The second kappa shape index (κ2) is 7.11. The fourth-order valence-electron chi connectivity index (χ4n) is 2.60. The summed E-state index contributed by atoms with van der Waals surface area (Å²) in [5.74, 6) is -0.00712. The first-order valence-corrected chi connectivity index (χ1v) is 8.73. The molecule has 24 heavy (non-hydrogen) atoms. The molecule has 0 radical (unpaired) electrons. The minimum absolute atomic E-state index is 0.00712. The lowest BCUT2D eigenvalue weighted by Crippen LogP contribution is -2.30. The molecule has 1 N–H and O–H groups in total. The lowest BCUT2D eigenvalue weighted by molar-refractivity contribution is -0.117. The molecule has 1 aromatic heterocycles. The lowest BCUT2D eigenvalue weighted by atomic mass is 10.1. The number of benzene rings is 2. The number of para-hydroxylation sites is 1. The molecule has 124 valence electrons. The minimum Gasteiger partial charge on any atom is -0.325 e. The van der Waals surface area contributed by atoms with Crippen molar-refractivity contribution in [2.75, 3.05) is 18.9 Å². The molecule has 0 saturated carbocycles. The number of thiazole rings is 1. The quantitative estimate of drug-likeness (QED) is 0.764. The van der Waals surface area contributed by atoms with Gasteiger partial charge in [-0.1, -0.05) is 24.3 Å². The van der Waals surface area contributed by atoms with E-state index in [1.54, 1.807) is 11.3 Å². The number of amides is 1. The summed E-state index contributed by atoms with van der Waals surface area (Å²) in [6.07, 6.45) is 0. The number of nitrogens with zero attached hydrogens (tertiary/aromatic N) is 2. The smallest absolute Gasteiger partial charge is 0.238 e. The summed E-state index contributed by atoms with van der Waals surface area (Å²) < 4.78 is 1.18. The second-order valence-electron chi connectivity index (χ2n) is 6.04. The van der Waals surface area contributed by atoms with Gasteiger partial charge in [0.1, 0.15) is 5.01 Å². The van der Waals surface area contributed by atoms with Gasteiger partial charge in [0.15, 0.2) is 0 Å². The molecular formula is C19H21N3OS. The highest BCUT2D eigenvalue weighted by Crippen LogP contribution is 2.22. The Bertz CT molecular complexity index is 839. The van der Waals surface area contributed by atoms with Crippen LogP contribution in [-0.2, 0) is 11.3 Å². The summed E-state index contributed by atoms with van der Waals surface area (Å²) in [4.78, 5) is 18.9. The van der Waals surface area contributed by atoms with Crippen molar-refractivity contribution in [3.05, 3.63) is 58.6 Å². The van der Waals surface area contributed by atoms with Crippen LogP contribution in [0.4, 0.5) is 5.69 Å². The molecule has 0 spiro atoms. The van der Waals surface area contributed by atoms with Gasteiger partial charge in [-0.3, -0.25) is 9.69 Å². The molecule has 1 heterocycles. The molecule has 4 nitrogen and oxygen atoms in total. The highest BCUT2D eigenvalue weighted by molar-refractivity contribution is 7.18. The van der Waals surface area contributed by atoms with Crippen molar-refractivity contribution < 1.29 is 4.79 Å². The third-order valence-electron chi connectivity index (χ3n) is 4.04. The highest BCUT2D eigenvalue weighted by atomic mass is 32.1. The summed E-state index contributed by atoms with van der Waals surface area (Å²) in [5, 5.41) is 4.02. The van der Waals surface area contributed by atoms with E-state index in [2.05, 4.69) is 16.4 Å². The Labute approximate surface area is 146 Å². The fourth-order valence-corrected chi connectivity index (χ4v) is 3.64. The first-order valence-electron chi connectivity index (χ1n) is 7.92. The fraction of sp³-hybridized carbons (Fsp3) is 0.263. The molecule has 0 aliphatic rings. The summed E-state index contributed by atoms with van der Waals surface area (Å²) >= 11 is 1.68. The normalized spacial score (nSPS) is 11.2. The Balaban J connectivity index is 1.60. The van der Waals surface area contributed by atoms with E-state index in [4.69, 9.17) is 0 Å². The Hall–Kier alpha value is -2.24. The summed E-state index contributed by atoms with van der Waals surface area (Å²) in [7, 11) is 1.94. The number of aryl methyl sites for hydroxylation is 1. The molecule has 0 bridgehead atoms. The monoisotopic (exact) mass is 339 g/mol. The SMILES string of the molecule is Cc1cccc(NC(=O)CN(C)Cc2nc3ccccc3s2)c1C. The summed E-state index contributed by atoms with van der Waals surface area (Å²) in [6.45, 7) is 5.07. The van der Waals surface area contributed by atoms with Gasteiger partial charge < -0.3 is 5.32 Å². The number of hydrogen-bond acceptors (Lipinski definition) is 4. The van der Waals surface area contributed by atoms with Crippen molar-refractivity contribution in [2.45, 2.75) is 20.4 Å². The molecule has 2 aromatic carbocycles. The number of aromatic nitrogens is 1. The molecular weight excluding hydrogens is 318 g/mol. The maximum atomic E-state index is 12.3. The number of fused-ring (bicyclic) bond motifs is 1. The van der Waals surface area contributed by atoms with Crippen molar-refractivity contribution in [1.29, 1.82) is 0 Å². The zero-order chi connectivity index (χ0) is 17.1. The van der Waals surface area contributed by atoms with E-state index in [-0.39, 0.29) is 5.91 Å². The number of rotatable bonds is 5. The van der Waals surface area contributed by atoms with Gasteiger partial charge in [-0.25, -0.2) is 4.98 Å². The van der Waals surface area contributed by atoms with Gasteiger partial charge in [-0.15, -0.1) is 11.3 Å². The van der Waals surface area contributed by atoms with Crippen molar-refractivity contribution in [3.8, 4) is 0 Å². The van der Waals surface area contributed by atoms with Crippen LogP contribution < -0.4 is 5.32 Å². The largest absolute Gasteiger partial charge is 0.325 e. The van der Waals surface area contributed by atoms with E-state index in [0.29, 0.717) is 13.1 Å². The van der Waals surface area contributed by atoms with E-state index in [0.717, 1.165) is 21.8 Å². The maximum absolute atomic E-state index is 12.3. The molecule has 3 aromatic rings. The zero-order valence-corrected chi connectivity index (χ0v) is 15.0. The molecule has 3 rings (SSSR count). The topological polar surface area (TPSA) is 45.2 Å². The zero-order valence-electron chi connectivity index (χ0n) is 14.2. The van der Waals surface area contributed by atoms with Crippen molar-refractivity contribution in [1.82, 2.24) is 9.88 Å². The van der Waals surface area contributed by atoms with Gasteiger partial charge in [0.05, 0.1) is 23.3 Å². The average Bonchev–Trinajstić information content (AvgIpc) is 2.93. The third kappa shape index (κ3) is 3.80. The number of anilines is 1. The van der Waals surface area contributed by atoms with E-state index in [9.17, 15) is 4.79 Å². The van der Waals surface area contributed by atoms with E-state index in [1.165, 1.54) is 10.3 Å². The second-order valence-corrected chi connectivity index (χ2v) is 7.16. The highest BCUT2D eigenvalue weighted by Gasteiger charge is 2.11. The lowest BCUT2D eigenvalue weighted by Gasteiger charge is -2.16. The van der Waals surface area contributed by atoms with E-state index in [1.807, 2.05) is 62.2 Å². The number of carbonyl (C=O) groups is 1. The van der Waals surface area contributed by atoms with Crippen LogP contribution in [0.15, 0.2) is 42.5 Å². The molecule has 0 fully saturated rings. The molecule has 0 saturated heterocycles. The number of likely N-dealkylation sites (N-methyl/N-ethyl adjacent to an activating group) is 1. The van der Waals surface area contributed by atoms with Crippen LogP contribution in [0, 0.1) is 13.8 Å². The van der Waals surface area contributed by atoms with Crippen molar-refractivity contribution >= 4 is 33.1 Å². The van der Waals surface area contributed by atoms with Crippen molar-refractivity contribution in [3.63, 3.8) is 0 Å². The van der Waals surface area contributed by atoms with Gasteiger partial charge in [-0.05, 0) is 50.2 Å².